The van der Waals surface area contributed by atoms with Crippen molar-refractivity contribution in [1.29, 1.82) is 0 Å². The number of carbonyl (C=O) groups excluding carboxylic acids is 4. The summed E-state index contributed by atoms with van der Waals surface area (Å²) in [5.41, 5.74) is 3.97. The molecule has 0 N–H and O–H groups in total. The normalized spacial score (nSPS) is 28.3. The summed E-state index contributed by atoms with van der Waals surface area (Å²) in [6.45, 7) is 52.8. The van der Waals surface area contributed by atoms with E-state index >= 15 is 0 Å². The van der Waals surface area contributed by atoms with Crippen molar-refractivity contribution >= 4 is 45.6 Å². The number of para-hydroxylation sites is 1. The Morgan fingerprint density at radius 1 is 0.621 bits per heavy atom. The van der Waals surface area contributed by atoms with E-state index in [1.807, 2.05) is 0 Å². The summed E-state index contributed by atoms with van der Waals surface area (Å²) in [5.74, 6) is 3.19. The van der Waals surface area contributed by atoms with Gasteiger partial charge < -0.3 is 27.2 Å². The number of rotatable bonds is 10. The van der Waals surface area contributed by atoms with Gasteiger partial charge in [-0.3, -0.25) is 0 Å². The molecule has 1 aromatic rings. The van der Waals surface area contributed by atoms with Crippen LogP contribution in [0.15, 0.2) is 42.0 Å². The predicted octanol–water partition coefficient (Wildman–Crippen LogP) is 13.0. The van der Waals surface area contributed by atoms with E-state index in [4.69, 9.17) is 46.4 Å². The first kappa shape index (κ1) is 58.2. The monoisotopic (exact) mass is 987 g/mol. The minimum Gasteiger partial charge on any atom is -0.489 e. The lowest BCUT2D eigenvalue weighted by atomic mass is 9.78. The molecule has 6 rings (SSSR count). The van der Waals surface area contributed by atoms with Gasteiger partial charge in [0.25, 0.3) is 0 Å². The average molecular weight is 988 g/mol. The van der Waals surface area contributed by atoms with E-state index in [0.717, 1.165) is 31.8 Å². The third-order valence-electron chi connectivity index (χ3n) is 17.2. The first-order valence-corrected chi connectivity index (χ1v) is 36.0. The van der Waals surface area contributed by atoms with Crippen LogP contribution in [0.3, 0.4) is 0 Å². The SMILES string of the molecule is CC1=CC=CC2C1O[C@H]1C[C@@H](O[Si](C)(C)C(C)(C)C)[C@H](CO[Si](C)(C)C(C)(C)C)[C@@H]21.Cc1cccc2c1O[C@H]1C[C@@H](O[Si](C)(C)C(C)(C)C)[C@H](CO[Si](C)(C)C(C)(C)C)[C@@H]21.O=C=O.O=C=O. The maximum Gasteiger partial charge on any atom is 0.373 e. The van der Waals surface area contributed by atoms with E-state index in [1.54, 1.807) is 0 Å². The molecule has 1 saturated heterocycles. The minimum atomic E-state index is -1.87. The zero-order valence-electron chi connectivity index (χ0n) is 45.1. The predicted molar refractivity (Wildman–Crippen MR) is 274 cm³/mol. The summed E-state index contributed by atoms with van der Waals surface area (Å²) in [5, 5.41) is 0.842. The lowest BCUT2D eigenvalue weighted by molar-refractivity contribution is -0.193. The summed E-state index contributed by atoms with van der Waals surface area (Å²) in [7, 11) is -7.37. The van der Waals surface area contributed by atoms with Crippen LogP contribution in [0.1, 0.15) is 120 Å². The van der Waals surface area contributed by atoms with Gasteiger partial charge in [-0.25, -0.2) is 0 Å². The molecule has 0 bridgehead atoms. The van der Waals surface area contributed by atoms with Gasteiger partial charge >= 0.3 is 12.3 Å². The molecule has 2 aliphatic heterocycles. The number of benzene rings is 1. The molecule has 0 radical (unpaired) electrons. The fraction of sp³-hybridized carbons (Fsp3) is 0.769. The van der Waals surface area contributed by atoms with E-state index in [0.29, 0.717) is 29.6 Å². The van der Waals surface area contributed by atoms with Crippen LogP contribution in [0.2, 0.25) is 72.5 Å². The molecule has 2 heterocycles. The Hall–Kier alpha value is -2.07. The Bertz CT molecular complexity index is 1910. The van der Waals surface area contributed by atoms with Crippen molar-refractivity contribution in [3.8, 4) is 5.75 Å². The number of hydrogen-bond acceptors (Lipinski definition) is 10. The molecule has 2 unspecified atom stereocenters. The summed E-state index contributed by atoms with van der Waals surface area (Å²) in [6.07, 6.45) is 10.5. The highest BCUT2D eigenvalue weighted by Gasteiger charge is 2.58. The third-order valence-corrected chi connectivity index (χ3v) is 35.2. The molecule has 3 aliphatic carbocycles. The number of fused-ring (bicyclic) bond motifs is 6. The molecule has 2 saturated carbocycles. The number of ether oxygens (including phenoxy) is 2. The summed E-state index contributed by atoms with van der Waals surface area (Å²) in [6, 6.07) is 6.60. The molecular weight excluding hydrogens is 897 g/mol. The molecule has 10 nitrogen and oxygen atoms in total. The van der Waals surface area contributed by atoms with E-state index < -0.39 is 33.3 Å². The van der Waals surface area contributed by atoms with Crippen molar-refractivity contribution in [2.75, 3.05) is 13.2 Å². The molecule has 3 fully saturated rings. The van der Waals surface area contributed by atoms with Crippen LogP contribution in [-0.4, -0.2) is 89.3 Å². The van der Waals surface area contributed by atoms with Gasteiger partial charge in [-0.1, -0.05) is 120 Å². The summed E-state index contributed by atoms with van der Waals surface area (Å²) < 4.78 is 40.8. The maximum atomic E-state index is 8.12. The molecule has 10 atom stereocenters. The van der Waals surface area contributed by atoms with E-state index in [-0.39, 0.29) is 63.0 Å². The lowest BCUT2D eigenvalue weighted by Crippen LogP contribution is -2.48. The summed E-state index contributed by atoms with van der Waals surface area (Å²) in [4.78, 5) is 32.5. The highest BCUT2D eigenvalue weighted by atomic mass is 28.4. The number of aryl methyl sites for hydroxylation is 1. The molecule has 0 spiro atoms. The van der Waals surface area contributed by atoms with Gasteiger partial charge in [-0.15, -0.1) is 0 Å². The van der Waals surface area contributed by atoms with Crippen LogP contribution in [0, 0.1) is 30.6 Å². The van der Waals surface area contributed by atoms with Gasteiger partial charge in [0.15, 0.2) is 33.3 Å². The molecule has 0 aromatic heterocycles. The van der Waals surface area contributed by atoms with E-state index in [1.165, 1.54) is 16.7 Å². The molecule has 5 aliphatic rings. The van der Waals surface area contributed by atoms with Gasteiger partial charge in [0, 0.05) is 54.8 Å². The Morgan fingerprint density at radius 3 is 1.50 bits per heavy atom. The number of allylic oxidation sites excluding steroid dienone is 2. The number of hydrogen-bond donors (Lipinski definition) is 0. The quantitative estimate of drug-likeness (QED) is 0.209. The van der Waals surface area contributed by atoms with E-state index in [9.17, 15) is 0 Å². The van der Waals surface area contributed by atoms with Crippen LogP contribution in [-0.2, 0) is 41.6 Å². The van der Waals surface area contributed by atoms with Crippen molar-refractivity contribution in [2.24, 2.45) is 23.7 Å². The maximum absolute atomic E-state index is 8.12. The van der Waals surface area contributed by atoms with Crippen LogP contribution in [0.25, 0.3) is 0 Å². The van der Waals surface area contributed by atoms with Crippen molar-refractivity contribution in [3.63, 3.8) is 0 Å². The molecule has 374 valence electrons. The smallest absolute Gasteiger partial charge is 0.373 e. The average Bonchev–Trinajstić information content (AvgIpc) is 3.88. The van der Waals surface area contributed by atoms with Gasteiger partial charge in [0.05, 0.1) is 24.4 Å². The Morgan fingerprint density at radius 2 is 1.05 bits per heavy atom. The Kier molecular flexibility index (Phi) is 19.0. The third kappa shape index (κ3) is 13.2. The highest BCUT2D eigenvalue weighted by Crippen LogP contribution is 2.55. The Labute approximate surface area is 404 Å². The standard InChI is InChI=1S/C25H46O3Si2.C25H44O3Si2.2CO2/c2*1-17-13-12-14-18-22-19(16-26-29(8,9)24(2,3)4)20(15-21(22)27-23(17)18)28-30(10,11)25(5,6)7;2*2-1-3/h12-14,18-23H,15-16H2,1-11H3;12-14,19-22H,15-16H2,1-11H3;;/t18?,19-,20+,21-,22+,23?;19-,20+,21-,22+;;/m00../s1. The van der Waals surface area contributed by atoms with Crippen molar-refractivity contribution in [2.45, 2.75) is 219 Å². The lowest BCUT2D eigenvalue weighted by Gasteiger charge is -2.42. The highest BCUT2D eigenvalue weighted by molar-refractivity contribution is 6.75. The first-order valence-electron chi connectivity index (χ1n) is 24.3. The second-order valence-corrected chi connectivity index (χ2v) is 44.8. The zero-order valence-corrected chi connectivity index (χ0v) is 49.1. The van der Waals surface area contributed by atoms with Crippen LogP contribution < -0.4 is 4.74 Å². The van der Waals surface area contributed by atoms with Gasteiger partial charge in [-0.05, 0) is 104 Å². The minimum absolute atomic E-state index is 0.199. The molecule has 1 aromatic carbocycles. The van der Waals surface area contributed by atoms with Crippen molar-refractivity contribution < 1.29 is 46.4 Å². The van der Waals surface area contributed by atoms with Gasteiger partial charge in [0.1, 0.15) is 11.9 Å². The topological polar surface area (TPSA) is 124 Å². The first-order chi connectivity index (χ1) is 29.9. The zero-order chi connectivity index (χ0) is 50.8. The second kappa shape index (κ2) is 21.5. The fourth-order valence-corrected chi connectivity index (χ4v) is 13.9. The molecule has 14 heteroatoms. The van der Waals surface area contributed by atoms with Gasteiger partial charge in [-0.2, -0.15) is 19.2 Å². The Balaban J connectivity index is 0.000000313. The van der Waals surface area contributed by atoms with Crippen LogP contribution >= 0.6 is 0 Å². The second-order valence-electron chi connectivity index (χ2n) is 25.7. The van der Waals surface area contributed by atoms with E-state index in [2.05, 4.69) is 186 Å². The van der Waals surface area contributed by atoms with Crippen LogP contribution in [0.5, 0.6) is 5.75 Å². The van der Waals surface area contributed by atoms with Gasteiger partial charge in [0.2, 0.25) is 0 Å². The van der Waals surface area contributed by atoms with Crippen LogP contribution in [0.4, 0.5) is 0 Å². The van der Waals surface area contributed by atoms with Crippen molar-refractivity contribution in [1.82, 2.24) is 0 Å². The molecule has 66 heavy (non-hydrogen) atoms. The summed E-state index contributed by atoms with van der Waals surface area (Å²) >= 11 is 0. The van der Waals surface area contributed by atoms with Crippen molar-refractivity contribution in [3.05, 3.63) is 53.1 Å². The molecule has 0 amide bonds. The fourth-order valence-electron chi connectivity index (χ4n) is 9.03. The molecular formula is C52H90O10Si4. The largest absolute Gasteiger partial charge is 0.489 e.